The zero-order valence-electron chi connectivity index (χ0n) is 11.1. The molecule has 0 radical (unpaired) electrons. The summed E-state index contributed by atoms with van der Waals surface area (Å²) in [5, 5.41) is 9.23. The normalized spacial score (nSPS) is 19.7. The average molecular weight is 258 g/mol. The number of benzene rings is 1. The SMILES string of the molecule is CN(CC1CCCO1)C(=O)C(C#N)c1ccccc1. The van der Waals surface area contributed by atoms with Crippen LogP contribution in [0.3, 0.4) is 0 Å². The first-order valence-corrected chi connectivity index (χ1v) is 6.53. The van der Waals surface area contributed by atoms with Crippen molar-refractivity contribution in [2.45, 2.75) is 24.9 Å². The molecule has 1 amide bonds. The van der Waals surface area contributed by atoms with Gasteiger partial charge in [0, 0.05) is 20.2 Å². The molecule has 0 aliphatic carbocycles. The Morgan fingerprint density at radius 3 is 2.84 bits per heavy atom. The monoisotopic (exact) mass is 258 g/mol. The molecule has 1 fully saturated rings. The third kappa shape index (κ3) is 3.33. The van der Waals surface area contributed by atoms with Gasteiger partial charge < -0.3 is 9.64 Å². The minimum atomic E-state index is -0.729. The molecular formula is C15H18N2O2. The molecule has 1 aliphatic heterocycles. The van der Waals surface area contributed by atoms with Crippen molar-refractivity contribution in [3.8, 4) is 6.07 Å². The number of carbonyl (C=O) groups excluding carboxylic acids is 1. The Morgan fingerprint density at radius 2 is 2.26 bits per heavy atom. The first-order valence-electron chi connectivity index (χ1n) is 6.53. The summed E-state index contributed by atoms with van der Waals surface area (Å²) in [6, 6.07) is 11.3. The van der Waals surface area contributed by atoms with Gasteiger partial charge in [0.2, 0.25) is 5.91 Å². The van der Waals surface area contributed by atoms with Gasteiger partial charge in [-0.15, -0.1) is 0 Å². The van der Waals surface area contributed by atoms with E-state index < -0.39 is 5.92 Å². The molecule has 1 saturated heterocycles. The molecule has 19 heavy (non-hydrogen) atoms. The largest absolute Gasteiger partial charge is 0.376 e. The van der Waals surface area contributed by atoms with Crippen molar-refractivity contribution in [1.29, 1.82) is 5.26 Å². The molecule has 0 bridgehead atoms. The van der Waals surface area contributed by atoms with Gasteiger partial charge in [0.1, 0.15) is 5.92 Å². The van der Waals surface area contributed by atoms with E-state index in [0.717, 1.165) is 25.0 Å². The first kappa shape index (κ1) is 13.6. The highest BCUT2D eigenvalue weighted by molar-refractivity contribution is 5.86. The van der Waals surface area contributed by atoms with E-state index >= 15 is 0 Å². The summed E-state index contributed by atoms with van der Waals surface area (Å²) in [5.41, 5.74) is 0.745. The highest BCUT2D eigenvalue weighted by Crippen LogP contribution is 2.19. The number of amides is 1. The maximum Gasteiger partial charge on any atom is 0.244 e. The number of nitrogens with zero attached hydrogens (tertiary/aromatic N) is 2. The van der Waals surface area contributed by atoms with Crippen LogP contribution >= 0.6 is 0 Å². The highest BCUT2D eigenvalue weighted by Gasteiger charge is 2.26. The van der Waals surface area contributed by atoms with Crippen LogP contribution in [0.2, 0.25) is 0 Å². The van der Waals surface area contributed by atoms with Crippen LogP contribution in [0.5, 0.6) is 0 Å². The minimum absolute atomic E-state index is 0.115. The predicted octanol–water partition coefficient (Wildman–Crippen LogP) is 1.93. The van der Waals surface area contributed by atoms with E-state index in [4.69, 9.17) is 4.74 Å². The molecule has 0 aromatic heterocycles. The number of carbonyl (C=O) groups is 1. The predicted molar refractivity (Wildman–Crippen MR) is 71.4 cm³/mol. The summed E-state index contributed by atoms with van der Waals surface area (Å²) in [7, 11) is 1.73. The van der Waals surface area contributed by atoms with E-state index in [1.165, 1.54) is 0 Å². The summed E-state index contributed by atoms with van der Waals surface area (Å²) in [4.78, 5) is 13.9. The average Bonchev–Trinajstić information content (AvgIpc) is 2.93. The van der Waals surface area contributed by atoms with Crippen molar-refractivity contribution in [3.63, 3.8) is 0 Å². The second-order valence-corrected chi connectivity index (χ2v) is 4.83. The fourth-order valence-corrected chi connectivity index (χ4v) is 2.32. The second-order valence-electron chi connectivity index (χ2n) is 4.83. The van der Waals surface area contributed by atoms with Crippen LogP contribution in [-0.2, 0) is 9.53 Å². The molecule has 4 heteroatoms. The lowest BCUT2D eigenvalue weighted by molar-refractivity contribution is -0.131. The topological polar surface area (TPSA) is 53.3 Å². The van der Waals surface area contributed by atoms with Crippen molar-refractivity contribution in [1.82, 2.24) is 4.90 Å². The van der Waals surface area contributed by atoms with Gasteiger partial charge >= 0.3 is 0 Å². The molecule has 0 spiro atoms. The molecule has 1 aliphatic rings. The Morgan fingerprint density at radius 1 is 1.53 bits per heavy atom. The van der Waals surface area contributed by atoms with Crippen molar-refractivity contribution in [2.24, 2.45) is 0 Å². The second kappa shape index (κ2) is 6.35. The molecular weight excluding hydrogens is 240 g/mol. The van der Waals surface area contributed by atoms with Gasteiger partial charge in [0.15, 0.2) is 0 Å². The number of likely N-dealkylation sites (N-methyl/N-ethyl adjacent to an activating group) is 1. The van der Waals surface area contributed by atoms with Gasteiger partial charge in [0.05, 0.1) is 12.2 Å². The molecule has 100 valence electrons. The van der Waals surface area contributed by atoms with Crippen LogP contribution in [0.4, 0.5) is 0 Å². The fraction of sp³-hybridized carbons (Fsp3) is 0.467. The van der Waals surface area contributed by atoms with E-state index in [1.807, 2.05) is 30.3 Å². The van der Waals surface area contributed by atoms with E-state index in [1.54, 1.807) is 11.9 Å². The van der Waals surface area contributed by atoms with Crippen molar-refractivity contribution >= 4 is 5.91 Å². The maximum absolute atomic E-state index is 12.3. The molecule has 0 N–H and O–H groups in total. The zero-order valence-corrected chi connectivity index (χ0v) is 11.1. The summed E-state index contributed by atoms with van der Waals surface area (Å²) in [6.45, 7) is 1.33. The van der Waals surface area contributed by atoms with Crippen LogP contribution < -0.4 is 0 Å². The van der Waals surface area contributed by atoms with Crippen molar-refractivity contribution < 1.29 is 9.53 Å². The standard InChI is InChI=1S/C15H18N2O2/c1-17(11-13-8-5-9-19-13)15(18)14(10-16)12-6-3-2-4-7-12/h2-4,6-7,13-14H,5,8-9,11H2,1H3. The number of hydrogen-bond donors (Lipinski definition) is 0. The van der Waals surface area contributed by atoms with Crippen LogP contribution in [-0.4, -0.2) is 37.1 Å². The number of ether oxygens (including phenoxy) is 1. The summed E-state index contributed by atoms with van der Waals surface area (Å²) in [6.07, 6.45) is 2.15. The van der Waals surface area contributed by atoms with Crippen LogP contribution in [0.15, 0.2) is 30.3 Å². The number of hydrogen-bond acceptors (Lipinski definition) is 3. The van der Waals surface area contributed by atoms with Crippen LogP contribution in [0, 0.1) is 11.3 Å². The van der Waals surface area contributed by atoms with E-state index in [-0.39, 0.29) is 12.0 Å². The van der Waals surface area contributed by atoms with Gasteiger partial charge in [-0.1, -0.05) is 30.3 Å². The maximum atomic E-state index is 12.3. The van der Waals surface area contributed by atoms with Gasteiger partial charge in [-0.05, 0) is 18.4 Å². The summed E-state index contributed by atoms with van der Waals surface area (Å²) >= 11 is 0. The molecule has 1 heterocycles. The van der Waals surface area contributed by atoms with E-state index in [2.05, 4.69) is 6.07 Å². The molecule has 0 saturated carbocycles. The van der Waals surface area contributed by atoms with Crippen LogP contribution in [0.1, 0.15) is 24.3 Å². The van der Waals surface area contributed by atoms with Crippen molar-refractivity contribution in [2.75, 3.05) is 20.2 Å². The first-order chi connectivity index (χ1) is 9.22. The molecule has 1 aromatic carbocycles. The Kier molecular flexibility index (Phi) is 4.53. The van der Waals surface area contributed by atoms with Gasteiger partial charge in [0.25, 0.3) is 0 Å². The van der Waals surface area contributed by atoms with Gasteiger partial charge in [-0.3, -0.25) is 4.79 Å². The van der Waals surface area contributed by atoms with Gasteiger partial charge in [-0.25, -0.2) is 0 Å². The molecule has 1 aromatic rings. The Bertz CT molecular complexity index is 461. The third-order valence-corrected chi connectivity index (χ3v) is 3.39. The zero-order chi connectivity index (χ0) is 13.7. The number of rotatable bonds is 4. The molecule has 2 atom stereocenters. The fourth-order valence-electron chi connectivity index (χ4n) is 2.32. The van der Waals surface area contributed by atoms with Crippen LogP contribution in [0.25, 0.3) is 0 Å². The van der Waals surface area contributed by atoms with E-state index in [0.29, 0.717) is 6.54 Å². The summed E-state index contributed by atoms with van der Waals surface area (Å²) < 4.78 is 5.52. The Labute approximate surface area is 113 Å². The third-order valence-electron chi connectivity index (χ3n) is 3.39. The lowest BCUT2D eigenvalue weighted by Gasteiger charge is -2.23. The van der Waals surface area contributed by atoms with E-state index in [9.17, 15) is 10.1 Å². The minimum Gasteiger partial charge on any atom is -0.376 e. The smallest absolute Gasteiger partial charge is 0.244 e. The highest BCUT2D eigenvalue weighted by atomic mass is 16.5. The lowest BCUT2D eigenvalue weighted by Crippen LogP contribution is -2.36. The lowest BCUT2D eigenvalue weighted by atomic mass is 9.99. The Hall–Kier alpha value is -1.86. The van der Waals surface area contributed by atoms with Gasteiger partial charge in [-0.2, -0.15) is 5.26 Å². The summed E-state index contributed by atoms with van der Waals surface area (Å²) in [5.74, 6) is -0.892. The Balaban J connectivity index is 2.02. The van der Waals surface area contributed by atoms with Crippen molar-refractivity contribution in [3.05, 3.63) is 35.9 Å². The molecule has 2 unspecified atom stereocenters. The number of nitriles is 1. The quantitative estimate of drug-likeness (QED) is 0.829. The molecule has 4 nitrogen and oxygen atoms in total. The molecule has 2 rings (SSSR count).